The zero-order valence-corrected chi connectivity index (χ0v) is 18.2. The van der Waals surface area contributed by atoms with Gasteiger partial charge in [0.1, 0.15) is 0 Å². The van der Waals surface area contributed by atoms with Crippen LogP contribution in [0, 0.1) is 0 Å². The zero-order valence-electron chi connectivity index (χ0n) is 14.4. The molecule has 0 aliphatic carbocycles. The molecule has 1 aliphatic rings. The molecule has 2 atom stereocenters. The van der Waals surface area contributed by atoms with Crippen LogP contribution < -0.4 is 5.73 Å². The molecule has 0 unspecified atom stereocenters. The predicted octanol–water partition coefficient (Wildman–Crippen LogP) is 5.71. The van der Waals surface area contributed by atoms with Gasteiger partial charge in [-0.3, -0.25) is 4.90 Å². The van der Waals surface area contributed by atoms with Crippen molar-refractivity contribution in [3.63, 3.8) is 0 Å². The van der Waals surface area contributed by atoms with E-state index in [0.29, 0.717) is 12.1 Å². The number of halogens is 2. The Bertz CT molecular complexity index is 233. The van der Waals surface area contributed by atoms with Gasteiger partial charge in [-0.25, -0.2) is 0 Å². The van der Waals surface area contributed by atoms with Crippen molar-refractivity contribution in [2.75, 3.05) is 13.1 Å². The van der Waals surface area contributed by atoms with Crippen LogP contribution in [-0.4, -0.2) is 30.1 Å². The molecule has 0 aromatic heterocycles. The van der Waals surface area contributed by atoms with Crippen molar-refractivity contribution in [1.29, 1.82) is 0 Å². The molecular weight excluding hydrogens is 498 g/mol. The third kappa shape index (κ3) is 12.6. The van der Waals surface area contributed by atoms with Gasteiger partial charge < -0.3 is 5.73 Å². The van der Waals surface area contributed by atoms with E-state index in [4.69, 9.17) is 24.6 Å². The van der Waals surface area contributed by atoms with E-state index in [2.05, 4.69) is 18.7 Å². The number of nitrogens with two attached hydrogens (primary N) is 1. The topological polar surface area (TPSA) is 29.3 Å². The van der Waals surface area contributed by atoms with Gasteiger partial charge in [0.25, 0.3) is 0 Å². The Labute approximate surface area is 155 Å². The van der Waals surface area contributed by atoms with Crippen molar-refractivity contribution in [3.05, 3.63) is 0 Å². The minimum absolute atomic E-state index is 0.420. The van der Waals surface area contributed by atoms with Crippen LogP contribution in [0.4, 0.5) is 0 Å². The second-order valence-electron chi connectivity index (χ2n) is 6.46. The molecule has 138 valence electrons. The standard InChI is InChI=1S/C17H36N2.2ClH.Pt/c1-3-4-5-6-7-8-9-10-11-12-14-19-15-13-17(18)16(19)2;;;/h16-17H,3-15,18H2,1-2H3;2*1H;/q;;;+2/p-2/t16-,17-;;;/m1.../s1. The second-order valence-corrected chi connectivity index (χ2v) is 9.74. The van der Waals surface area contributed by atoms with Crippen LogP contribution in [0.25, 0.3) is 0 Å². The van der Waals surface area contributed by atoms with Crippen LogP contribution in [0.3, 0.4) is 0 Å². The van der Waals surface area contributed by atoms with Crippen molar-refractivity contribution in [1.82, 2.24) is 4.90 Å². The van der Waals surface area contributed by atoms with Gasteiger partial charge in [0.2, 0.25) is 0 Å². The van der Waals surface area contributed by atoms with Crippen LogP contribution in [0.1, 0.15) is 84.5 Å². The molecule has 2 N–H and O–H groups in total. The van der Waals surface area contributed by atoms with Crippen molar-refractivity contribution < 1.29 is 16.5 Å². The average Bonchev–Trinajstić information content (AvgIpc) is 2.82. The zero-order chi connectivity index (χ0) is 16.6. The van der Waals surface area contributed by atoms with Gasteiger partial charge in [-0.2, -0.15) is 0 Å². The van der Waals surface area contributed by atoms with Crippen molar-refractivity contribution >= 4 is 18.8 Å². The second kappa shape index (κ2) is 17.0. The number of unbranched alkanes of at least 4 members (excludes halogenated alkanes) is 9. The summed E-state index contributed by atoms with van der Waals surface area (Å²) in [5.41, 5.74) is 6.05. The Morgan fingerprint density at radius 1 is 0.955 bits per heavy atom. The Kier molecular flexibility index (Phi) is 17.9. The number of hydrogen-bond donors (Lipinski definition) is 1. The molecule has 1 saturated heterocycles. The first kappa shape index (κ1) is 23.2. The fourth-order valence-corrected chi connectivity index (χ4v) is 3.15. The van der Waals surface area contributed by atoms with Gasteiger partial charge in [-0.05, 0) is 26.3 Å². The Morgan fingerprint density at radius 3 is 1.82 bits per heavy atom. The molecule has 1 heterocycles. The van der Waals surface area contributed by atoms with E-state index in [1.807, 2.05) is 0 Å². The molecule has 0 bridgehead atoms. The summed E-state index contributed by atoms with van der Waals surface area (Å²) < 4.78 is 0. The van der Waals surface area contributed by atoms with Crippen LogP contribution in [-0.2, 0) is 16.5 Å². The fraction of sp³-hybridized carbons (Fsp3) is 1.00. The monoisotopic (exact) mass is 533 g/mol. The predicted molar refractivity (Wildman–Crippen MR) is 97.2 cm³/mol. The van der Waals surface area contributed by atoms with Crippen LogP contribution in [0.15, 0.2) is 0 Å². The fourth-order valence-electron chi connectivity index (χ4n) is 3.15. The first-order valence-corrected chi connectivity index (χ1v) is 14.6. The molecule has 1 aliphatic heterocycles. The third-order valence-corrected chi connectivity index (χ3v) is 4.74. The van der Waals surface area contributed by atoms with Crippen LogP contribution >= 0.6 is 18.8 Å². The van der Waals surface area contributed by atoms with Gasteiger partial charge in [0, 0.05) is 18.6 Å². The van der Waals surface area contributed by atoms with Gasteiger partial charge in [-0.15, -0.1) is 0 Å². The first-order valence-electron chi connectivity index (χ1n) is 8.99. The summed E-state index contributed by atoms with van der Waals surface area (Å²) in [6, 6.07) is 1.03. The maximum atomic E-state index is 6.05. The molecule has 0 aromatic rings. The SMILES string of the molecule is CCCCCCCCCCCCN1CC[C@@H](N)[C@H]1C.[Cl][Pt][Cl]. The van der Waals surface area contributed by atoms with Crippen molar-refractivity contribution in [2.24, 2.45) is 5.73 Å². The van der Waals surface area contributed by atoms with Gasteiger partial charge in [0.15, 0.2) is 0 Å². The number of rotatable bonds is 11. The summed E-state index contributed by atoms with van der Waals surface area (Å²) >= 11 is -0.472. The van der Waals surface area contributed by atoms with E-state index in [1.54, 1.807) is 0 Å². The van der Waals surface area contributed by atoms with E-state index in [9.17, 15) is 0 Å². The quantitative estimate of drug-likeness (QED) is 0.345. The van der Waals surface area contributed by atoms with Crippen LogP contribution in [0.5, 0.6) is 0 Å². The van der Waals surface area contributed by atoms with Gasteiger partial charge in [-0.1, -0.05) is 64.7 Å². The van der Waals surface area contributed by atoms with Crippen molar-refractivity contribution in [2.45, 2.75) is 96.6 Å². The molecule has 0 aromatic carbocycles. The Hall–Kier alpha value is 1.19. The van der Waals surface area contributed by atoms with Gasteiger partial charge >= 0.3 is 35.3 Å². The minimum atomic E-state index is -0.472. The summed E-state index contributed by atoms with van der Waals surface area (Å²) in [7, 11) is 9.75. The van der Waals surface area contributed by atoms with E-state index >= 15 is 0 Å². The molecule has 0 radical (unpaired) electrons. The van der Waals surface area contributed by atoms with E-state index in [1.165, 1.54) is 83.7 Å². The van der Waals surface area contributed by atoms with Crippen molar-refractivity contribution in [3.8, 4) is 0 Å². The van der Waals surface area contributed by atoms with Gasteiger partial charge in [0.05, 0.1) is 0 Å². The Morgan fingerprint density at radius 2 is 1.41 bits per heavy atom. The number of likely N-dealkylation sites (tertiary alicyclic amines) is 1. The third-order valence-electron chi connectivity index (χ3n) is 4.74. The summed E-state index contributed by atoms with van der Waals surface area (Å²) in [6.45, 7) is 7.06. The molecule has 1 fully saturated rings. The van der Waals surface area contributed by atoms with E-state index < -0.39 is 16.5 Å². The van der Waals surface area contributed by atoms with E-state index in [0.717, 1.165) is 0 Å². The van der Waals surface area contributed by atoms with E-state index in [-0.39, 0.29) is 0 Å². The Balaban J connectivity index is 0.00000135. The summed E-state index contributed by atoms with van der Waals surface area (Å²) in [5, 5.41) is 0. The summed E-state index contributed by atoms with van der Waals surface area (Å²) in [6.07, 6.45) is 15.4. The molecule has 2 nitrogen and oxygen atoms in total. The molecule has 5 heteroatoms. The summed E-state index contributed by atoms with van der Waals surface area (Å²) in [5.74, 6) is 0. The van der Waals surface area contributed by atoms with Crippen LogP contribution in [0.2, 0.25) is 0 Å². The maximum absolute atomic E-state index is 6.05. The molecule has 1 rings (SSSR count). The average molecular weight is 534 g/mol. The molecule has 0 spiro atoms. The summed E-state index contributed by atoms with van der Waals surface area (Å²) in [4.78, 5) is 2.58. The molecule has 0 amide bonds. The normalized spacial score (nSPS) is 21.9. The molecule has 22 heavy (non-hydrogen) atoms. The number of hydrogen-bond acceptors (Lipinski definition) is 2. The molecule has 0 saturated carbocycles. The molecular formula is C17H36Cl2N2Pt. The number of nitrogens with zero attached hydrogens (tertiary/aromatic N) is 1. The first-order chi connectivity index (χ1) is 10.7.